The van der Waals surface area contributed by atoms with Crippen molar-refractivity contribution in [3.63, 3.8) is 0 Å². The second kappa shape index (κ2) is 7.25. The number of hydrogen-bond donors (Lipinski definition) is 1. The number of aliphatic hydroxyl groups is 1. The molecule has 6 heteroatoms. The molecule has 1 aromatic carbocycles. The first-order valence-corrected chi connectivity index (χ1v) is 8.90. The fourth-order valence-electron chi connectivity index (χ4n) is 3.61. The molecule has 26 heavy (non-hydrogen) atoms. The third kappa shape index (κ3) is 3.46. The quantitative estimate of drug-likeness (QED) is 0.660. The van der Waals surface area contributed by atoms with E-state index in [0.29, 0.717) is 29.7 Å². The van der Waals surface area contributed by atoms with Gasteiger partial charge in [0.15, 0.2) is 0 Å². The summed E-state index contributed by atoms with van der Waals surface area (Å²) in [5.74, 6) is 1.23. The Labute approximate surface area is 151 Å². The van der Waals surface area contributed by atoms with Crippen LogP contribution in [0.4, 0.5) is 0 Å². The zero-order valence-corrected chi connectivity index (χ0v) is 14.4. The molecular formula is C20H21N3O3. The molecule has 2 aromatic heterocycles. The Bertz CT molecular complexity index is 879. The Balaban J connectivity index is 1.29. The summed E-state index contributed by atoms with van der Waals surface area (Å²) in [4.78, 5) is 12.4. The van der Waals surface area contributed by atoms with E-state index in [1.807, 2.05) is 41.1 Å². The molecule has 1 aliphatic carbocycles. The van der Waals surface area contributed by atoms with Crippen LogP contribution in [0.2, 0.25) is 0 Å². The summed E-state index contributed by atoms with van der Waals surface area (Å²) in [5.41, 5.74) is 2.47. The van der Waals surface area contributed by atoms with Crippen LogP contribution in [0, 0.1) is 11.8 Å². The highest BCUT2D eigenvalue weighted by atomic mass is 16.5. The van der Waals surface area contributed by atoms with Crippen LogP contribution in [0.15, 0.2) is 53.2 Å². The fourth-order valence-corrected chi connectivity index (χ4v) is 3.61. The molecule has 1 N–H and O–H groups in total. The average Bonchev–Trinajstić information content (AvgIpc) is 3.30. The molecule has 134 valence electrons. The van der Waals surface area contributed by atoms with Gasteiger partial charge in [-0.25, -0.2) is 0 Å². The van der Waals surface area contributed by atoms with E-state index in [2.05, 4.69) is 10.3 Å². The fraction of sp³-hybridized carbons (Fsp3) is 0.350. The monoisotopic (exact) mass is 351 g/mol. The highest BCUT2D eigenvalue weighted by molar-refractivity contribution is 5.94. The van der Waals surface area contributed by atoms with Gasteiger partial charge in [0.2, 0.25) is 11.5 Å². The van der Waals surface area contributed by atoms with Gasteiger partial charge in [-0.3, -0.25) is 9.48 Å². The lowest BCUT2D eigenvalue weighted by Gasteiger charge is -2.35. The van der Waals surface area contributed by atoms with Crippen molar-refractivity contribution in [2.24, 2.45) is 11.8 Å². The van der Waals surface area contributed by atoms with Gasteiger partial charge in [-0.05, 0) is 30.7 Å². The Hall–Kier alpha value is -2.73. The smallest absolute Gasteiger partial charge is 0.203 e. The molecule has 0 atom stereocenters. The molecular weight excluding hydrogens is 330 g/mol. The molecule has 1 saturated carbocycles. The number of aliphatic hydroxyl groups excluding tert-OH is 1. The van der Waals surface area contributed by atoms with E-state index in [4.69, 9.17) is 4.52 Å². The Morgan fingerprint density at radius 3 is 2.77 bits per heavy atom. The normalized spacial score (nSPS) is 19.3. The van der Waals surface area contributed by atoms with Gasteiger partial charge in [0.25, 0.3) is 0 Å². The number of carbonyl (C=O) groups is 1. The van der Waals surface area contributed by atoms with Crippen molar-refractivity contribution < 1.29 is 14.4 Å². The molecule has 0 radical (unpaired) electrons. The summed E-state index contributed by atoms with van der Waals surface area (Å²) in [6, 6.07) is 13.2. The number of aromatic nitrogens is 3. The van der Waals surface area contributed by atoms with Crippen LogP contribution >= 0.6 is 0 Å². The maximum atomic E-state index is 12.4. The van der Waals surface area contributed by atoms with Crippen molar-refractivity contribution in [3.8, 4) is 11.3 Å². The number of rotatable bonds is 7. The molecule has 1 fully saturated rings. The van der Waals surface area contributed by atoms with E-state index in [-0.39, 0.29) is 12.4 Å². The number of carbonyl (C=O) groups excluding carboxylic acids is 1. The summed E-state index contributed by atoms with van der Waals surface area (Å²) < 4.78 is 7.10. The first-order valence-electron chi connectivity index (χ1n) is 8.90. The third-order valence-corrected chi connectivity index (χ3v) is 5.06. The van der Waals surface area contributed by atoms with Gasteiger partial charge in [0.1, 0.15) is 5.69 Å². The SMILES string of the molecule is O=C(CC1CC(Cn2nccc2CO)C1)c1cc(-c2ccccc2)no1. The van der Waals surface area contributed by atoms with Gasteiger partial charge in [-0.2, -0.15) is 5.10 Å². The molecule has 0 bridgehead atoms. The van der Waals surface area contributed by atoms with Gasteiger partial charge in [0, 0.05) is 30.8 Å². The Morgan fingerprint density at radius 2 is 2.00 bits per heavy atom. The van der Waals surface area contributed by atoms with Crippen molar-refractivity contribution in [1.82, 2.24) is 14.9 Å². The van der Waals surface area contributed by atoms with E-state index in [1.165, 1.54) is 0 Å². The van der Waals surface area contributed by atoms with Crippen LogP contribution in [0.3, 0.4) is 0 Å². The van der Waals surface area contributed by atoms with Crippen LogP contribution in [-0.2, 0) is 13.2 Å². The molecule has 2 heterocycles. The first-order chi connectivity index (χ1) is 12.7. The Kier molecular flexibility index (Phi) is 4.67. The molecule has 0 unspecified atom stereocenters. The number of ketones is 1. The van der Waals surface area contributed by atoms with Gasteiger partial charge in [0.05, 0.1) is 12.3 Å². The predicted molar refractivity (Wildman–Crippen MR) is 95.3 cm³/mol. The van der Waals surface area contributed by atoms with E-state index in [0.717, 1.165) is 30.6 Å². The summed E-state index contributed by atoms with van der Waals surface area (Å²) in [5, 5.41) is 17.5. The minimum absolute atomic E-state index is 0.00384. The molecule has 0 amide bonds. The van der Waals surface area contributed by atoms with E-state index in [9.17, 15) is 9.90 Å². The van der Waals surface area contributed by atoms with E-state index >= 15 is 0 Å². The van der Waals surface area contributed by atoms with Crippen LogP contribution in [0.1, 0.15) is 35.5 Å². The lowest BCUT2D eigenvalue weighted by molar-refractivity contribution is 0.0840. The molecule has 0 aliphatic heterocycles. The summed E-state index contributed by atoms with van der Waals surface area (Å²) in [6.45, 7) is 0.803. The van der Waals surface area contributed by atoms with Crippen LogP contribution in [0.25, 0.3) is 11.3 Å². The van der Waals surface area contributed by atoms with Crippen molar-refractivity contribution in [2.45, 2.75) is 32.4 Å². The van der Waals surface area contributed by atoms with Gasteiger partial charge in [-0.1, -0.05) is 35.5 Å². The maximum Gasteiger partial charge on any atom is 0.203 e. The zero-order valence-electron chi connectivity index (χ0n) is 14.4. The lowest BCUT2D eigenvalue weighted by Crippen LogP contribution is -2.30. The number of nitrogens with zero attached hydrogens (tertiary/aromatic N) is 3. The third-order valence-electron chi connectivity index (χ3n) is 5.06. The van der Waals surface area contributed by atoms with Gasteiger partial charge < -0.3 is 9.63 Å². The largest absolute Gasteiger partial charge is 0.390 e. The minimum atomic E-state index is 0.00384. The zero-order chi connectivity index (χ0) is 17.9. The van der Waals surface area contributed by atoms with Crippen LogP contribution < -0.4 is 0 Å². The van der Waals surface area contributed by atoms with E-state index in [1.54, 1.807) is 12.3 Å². The highest BCUT2D eigenvalue weighted by Gasteiger charge is 2.32. The summed E-state index contributed by atoms with van der Waals surface area (Å²) in [6.07, 6.45) is 4.19. The standard InChI is InChI=1S/C20H21N3O3/c24-13-17-6-7-21-23(17)12-15-8-14(9-15)10-19(25)20-11-18(22-26-20)16-4-2-1-3-5-16/h1-7,11,14-15,24H,8-10,12-13H2. The van der Waals surface area contributed by atoms with E-state index < -0.39 is 0 Å². The van der Waals surface area contributed by atoms with Crippen molar-refractivity contribution >= 4 is 5.78 Å². The summed E-state index contributed by atoms with van der Waals surface area (Å²) in [7, 11) is 0. The molecule has 1 aliphatic rings. The average molecular weight is 351 g/mol. The van der Waals surface area contributed by atoms with Crippen molar-refractivity contribution in [1.29, 1.82) is 0 Å². The topological polar surface area (TPSA) is 81.2 Å². The molecule has 4 rings (SSSR count). The van der Waals surface area contributed by atoms with Crippen molar-refractivity contribution in [2.75, 3.05) is 0 Å². The van der Waals surface area contributed by atoms with Crippen molar-refractivity contribution in [3.05, 3.63) is 60.1 Å². The molecule has 0 saturated heterocycles. The Morgan fingerprint density at radius 1 is 1.19 bits per heavy atom. The minimum Gasteiger partial charge on any atom is -0.390 e. The first kappa shape index (κ1) is 16.7. The maximum absolute atomic E-state index is 12.4. The predicted octanol–water partition coefficient (Wildman–Crippen LogP) is 3.33. The van der Waals surface area contributed by atoms with Crippen LogP contribution in [-0.4, -0.2) is 25.8 Å². The number of Topliss-reactive ketones (excluding diaryl/α,β-unsaturated/α-hetero) is 1. The highest BCUT2D eigenvalue weighted by Crippen LogP contribution is 2.38. The second-order valence-electron chi connectivity index (χ2n) is 6.94. The molecule has 6 nitrogen and oxygen atoms in total. The summed E-state index contributed by atoms with van der Waals surface area (Å²) >= 11 is 0. The molecule has 3 aromatic rings. The number of benzene rings is 1. The van der Waals surface area contributed by atoms with Gasteiger partial charge >= 0.3 is 0 Å². The lowest BCUT2D eigenvalue weighted by atomic mass is 9.72. The second-order valence-corrected chi connectivity index (χ2v) is 6.94. The van der Waals surface area contributed by atoms with Crippen LogP contribution in [0.5, 0.6) is 0 Å². The van der Waals surface area contributed by atoms with Gasteiger partial charge in [-0.15, -0.1) is 0 Å². The molecule has 0 spiro atoms. The number of hydrogen-bond acceptors (Lipinski definition) is 5.